The summed E-state index contributed by atoms with van der Waals surface area (Å²) < 4.78 is 38.9. The van der Waals surface area contributed by atoms with Gasteiger partial charge in [-0.25, -0.2) is 0 Å². The van der Waals surface area contributed by atoms with Gasteiger partial charge in [0.25, 0.3) is 0 Å². The number of H-pyrrole nitrogens is 1. The zero-order chi connectivity index (χ0) is 20.5. The molecule has 1 heterocycles. The Morgan fingerprint density at radius 1 is 1.18 bits per heavy atom. The highest BCUT2D eigenvalue weighted by Gasteiger charge is 2.30. The van der Waals surface area contributed by atoms with Crippen molar-refractivity contribution in [1.29, 1.82) is 0 Å². The third-order valence-corrected chi connectivity index (χ3v) is 4.70. The second-order valence-electron chi connectivity index (χ2n) is 6.47. The summed E-state index contributed by atoms with van der Waals surface area (Å²) in [5.74, 6) is -0.492. The van der Waals surface area contributed by atoms with Crippen LogP contribution in [0.25, 0.3) is 11.3 Å². The zero-order valence-corrected chi connectivity index (χ0v) is 15.3. The number of rotatable bonds is 5. The molecule has 8 heteroatoms. The molecule has 0 bridgehead atoms. The van der Waals surface area contributed by atoms with Crippen LogP contribution < -0.4 is 11.1 Å². The molecule has 0 saturated heterocycles. The minimum absolute atomic E-state index is 0.346. The number of aromatic nitrogens is 2. The van der Waals surface area contributed by atoms with Crippen LogP contribution in [0, 0.1) is 13.8 Å². The van der Waals surface area contributed by atoms with E-state index in [2.05, 4.69) is 15.5 Å². The number of hydrogen-bond acceptors (Lipinski definition) is 3. The number of aromatic amines is 1. The van der Waals surface area contributed by atoms with Gasteiger partial charge >= 0.3 is 6.18 Å². The first-order valence-electron chi connectivity index (χ1n) is 8.52. The number of nitrogens with two attached hydrogens (primary N) is 1. The van der Waals surface area contributed by atoms with Crippen LogP contribution in [0.1, 0.15) is 32.6 Å². The molecule has 28 heavy (non-hydrogen) atoms. The van der Waals surface area contributed by atoms with Crippen LogP contribution in [0.15, 0.2) is 42.6 Å². The van der Waals surface area contributed by atoms with Crippen molar-refractivity contribution in [3.8, 4) is 11.3 Å². The normalized spacial score (nSPS) is 11.5. The summed E-state index contributed by atoms with van der Waals surface area (Å²) in [5, 5.41) is 10.1. The molecule has 2 aromatic carbocycles. The quantitative estimate of drug-likeness (QED) is 0.605. The summed E-state index contributed by atoms with van der Waals surface area (Å²) in [6.45, 7) is 4.03. The van der Waals surface area contributed by atoms with Gasteiger partial charge in [0.2, 0.25) is 5.91 Å². The standard InChI is InChI=1S/C20H19F3N4O/c1-11-12(2)17(7-6-16(11)19(24)28)25-9-14-10-26-27-18(14)13-4-3-5-15(8-13)20(21,22)23/h3-8,10,25H,9H2,1-2H3,(H2,24,28)(H,26,27). The van der Waals surface area contributed by atoms with E-state index in [4.69, 9.17) is 5.73 Å². The molecule has 0 aliphatic heterocycles. The Morgan fingerprint density at radius 3 is 2.61 bits per heavy atom. The molecule has 0 spiro atoms. The van der Waals surface area contributed by atoms with Crippen molar-refractivity contribution in [3.05, 3.63) is 70.4 Å². The lowest BCUT2D eigenvalue weighted by atomic mass is 10.0. The highest BCUT2D eigenvalue weighted by atomic mass is 19.4. The SMILES string of the molecule is Cc1c(NCc2c[nH]nc2-c2cccc(C(F)(F)F)c2)ccc(C(N)=O)c1C. The number of primary amides is 1. The number of carbonyl (C=O) groups excluding carboxylic acids is 1. The lowest BCUT2D eigenvalue weighted by Crippen LogP contribution is -2.14. The largest absolute Gasteiger partial charge is 0.416 e. The van der Waals surface area contributed by atoms with E-state index in [1.807, 2.05) is 13.8 Å². The van der Waals surface area contributed by atoms with Gasteiger partial charge in [-0.3, -0.25) is 9.89 Å². The summed E-state index contributed by atoms with van der Waals surface area (Å²) >= 11 is 0. The fourth-order valence-electron chi connectivity index (χ4n) is 3.01. The van der Waals surface area contributed by atoms with Crippen LogP contribution in [0.5, 0.6) is 0 Å². The predicted octanol–water partition coefficient (Wildman–Crippen LogP) is 4.42. The van der Waals surface area contributed by atoms with Crippen molar-refractivity contribution < 1.29 is 18.0 Å². The van der Waals surface area contributed by atoms with Crippen molar-refractivity contribution >= 4 is 11.6 Å². The molecule has 0 aliphatic rings. The van der Waals surface area contributed by atoms with Crippen molar-refractivity contribution in [2.45, 2.75) is 26.6 Å². The third-order valence-electron chi connectivity index (χ3n) is 4.70. The van der Waals surface area contributed by atoms with Crippen LogP contribution in [-0.4, -0.2) is 16.1 Å². The lowest BCUT2D eigenvalue weighted by molar-refractivity contribution is -0.137. The molecule has 146 valence electrons. The highest BCUT2D eigenvalue weighted by molar-refractivity contribution is 5.95. The summed E-state index contributed by atoms with van der Waals surface area (Å²) in [6, 6.07) is 8.46. The smallest absolute Gasteiger partial charge is 0.381 e. The van der Waals surface area contributed by atoms with Crippen molar-refractivity contribution in [2.75, 3.05) is 5.32 Å². The Labute approximate surface area is 159 Å². The predicted molar refractivity (Wildman–Crippen MR) is 101 cm³/mol. The summed E-state index contributed by atoms with van der Waals surface area (Å²) in [7, 11) is 0. The fraction of sp³-hybridized carbons (Fsp3) is 0.200. The van der Waals surface area contributed by atoms with E-state index in [9.17, 15) is 18.0 Å². The third kappa shape index (κ3) is 3.85. The molecule has 0 unspecified atom stereocenters. The Hall–Kier alpha value is -3.29. The molecule has 3 aromatic rings. The number of amides is 1. The van der Waals surface area contributed by atoms with E-state index in [-0.39, 0.29) is 0 Å². The van der Waals surface area contributed by atoms with Crippen molar-refractivity contribution in [1.82, 2.24) is 10.2 Å². The van der Waals surface area contributed by atoms with Crippen LogP contribution in [0.3, 0.4) is 0 Å². The number of alkyl halides is 3. The average Bonchev–Trinajstić information content (AvgIpc) is 3.10. The summed E-state index contributed by atoms with van der Waals surface area (Å²) in [5.41, 5.74) is 9.10. The summed E-state index contributed by atoms with van der Waals surface area (Å²) in [4.78, 5) is 11.4. The maximum absolute atomic E-state index is 13.0. The average molecular weight is 388 g/mol. The van der Waals surface area contributed by atoms with Gasteiger partial charge in [0.1, 0.15) is 0 Å². The van der Waals surface area contributed by atoms with Crippen LogP contribution in [0.4, 0.5) is 18.9 Å². The van der Waals surface area contributed by atoms with E-state index in [1.165, 1.54) is 6.07 Å². The second-order valence-corrected chi connectivity index (χ2v) is 6.47. The molecular weight excluding hydrogens is 369 g/mol. The van der Waals surface area contributed by atoms with E-state index in [0.717, 1.165) is 34.5 Å². The van der Waals surface area contributed by atoms with Gasteiger partial charge in [-0.15, -0.1) is 0 Å². The first-order valence-corrected chi connectivity index (χ1v) is 8.52. The lowest BCUT2D eigenvalue weighted by Gasteiger charge is -2.14. The minimum atomic E-state index is -4.42. The maximum Gasteiger partial charge on any atom is 0.416 e. The maximum atomic E-state index is 13.0. The van der Waals surface area contributed by atoms with E-state index in [1.54, 1.807) is 24.4 Å². The Bertz CT molecular complexity index is 1020. The number of nitrogens with one attached hydrogen (secondary N) is 2. The first-order chi connectivity index (χ1) is 13.2. The van der Waals surface area contributed by atoms with E-state index in [0.29, 0.717) is 23.4 Å². The van der Waals surface area contributed by atoms with Gasteiger partial charge in [0, 0.05) is 35.1 Å². The molecule has 5 nitrogen and oxygen atoms in total. The van der Waals surface area contributed by atoms with Crippen LogP contribution in [-0.2, 0) is 12.7 Å². The number of halogens is 3. The molecule has 1 aromatic heterocycles. The Morgan fingerprint density at radius 2 is 1.93 bits per heavy atom. The number of benzene rings is 2. The Balaban J connectivity index is 1.85. The van der Waals surface area contributed by atoms with Gasteiger partial charge < -0.3 is 11.1 Å². The van der Waals surface area contributed by atoms with Gasteiger partial charge in [-0.1, -0.05) is 12.1 Å². The number of carbonyl (C=O) groups is 1. The molecule has 0 fully saturated rings. The molecule has 0 radical (unpaired) electrons. The summed E-state index contributed by atoms with van der Waals surface area (Å²) in [6.07, 6.45) is -2.77. The van der Waals surface area contributed by atoms with E-state index >= 15 is 0 Å². The molecule has 4 N–H and O–H groups in total. The monoisotopic (exact) mass is 388 g/mol. The Kier molecular flexibility index (Phi) is 5.13. The highest BCUT2D eigenvalue weighted by Crippen LogP contribution is 2.32. The fourth-order valence-corrected chi connectivity index (χ4v) is 3.01. The van der Waals surface area contributed by atoms with Crippen LogP contribution in [0.2, 0.25) is 0 Å². The molecular formula is C20H19F3N4O. The van der Waals surface area contributed by atoms with Crippen molar-refractivity contribution in [2.24, 2.45) is 5.73 Å². The van der Waals surface area contributed by atoms with E-state index < -0.39 is 17.6 Å². The first kappa shape index (κ1) is 19.5. The number of hydrogen-bond donors (Lipinski definition) is 3. The minimum Gasteiger partial charge on any atom is -0.381 e. The van der Waals surface area contributed by atoms with Gasteiger partial charge in [-0.2, -0.15) is 18.3 Å². The molecule has 0 aliphatic carbocycles. The zero-order valence-electron chi connectivity index (χ0n) is 15.3. The second kappa shape index (κ2) is 7.38. The molecule has 1 amide bonds. The number of anilines is 1. The van der Waals surface area contributed by atoms with Gasteiger partial charge in [-0.05, 0) is 49.2 Å². The van der Waals surface area contributed by atoms with Crippen LogP contribution >= 0.6 is 0 Å². The molecule has 3 rings (SSSR count). The number of nitrogens with zero attached hydrogens (tertiary/aromatic N) is 1. The van der Waals surface area contributed by atoms with Gasteiger partial charge in [0.15, 0.2) is 0 Å². The topological polar surface area (TPSA) is 83.8 Å². The molecule has 0 saturated carbocycles. The molecule has 0 atom stereocenters. The van der Waals surface area contributed by atoms with Gasteiger partial charge in [0.05, 0.1) is 11.3 Å². The van der Waals surface area contributed by atoms with Crippen molar-refractivity contribution in [3.63, 3.8) is 0 Å².